The number of amides is 1. The highest BCUT2D eigenvalue weighted by Gasteiger charge is 2.35. The predicted octanol–water partition coefficient (Wildman–Crippen LogP) is 5.72. The Bertz CT molecular complexity index is 1280. The van der Waals surface area contributed by atoms with Gasteiger partial charge in [-0.3, -0.25) is 15.5 Å². The van der Waals surface area contributed by atoms with Crippen LogP contribution >= 0.6 is 0 Å². The van der Waals surface area contributed by atoms with Crippen LogP contribution in [0.4, 0.5) is 35.2 Å². The van der Waals surface area contributed by atoms with Crippen LogP contribution in [0.15, 0.2) is 54.7 Å². The fraction of sp³-hybridized carbons (Fsp3) is 0.136. The molecule has 0 aliphatic heterocycles. The maximum Gasteiger partial charge on any atom is 0.433 e. The van der Waals surface area contributed by atoms with Crippen LogP contribution in [0.2, 0.25) is 0 Å². The number of nitrogens with one attached hydrogen (secondary N) is 4. The fourth-order valence-corrected chi connectivity index (χ4v) is 3.27. The van der Waals surface area contributed by atoms with E-state index >= 15 is 0 Å². The number of rotatable bonds is 5. The molecule has 2 aromatic heterocycles. The molecule has 0 fully saturated rings. The SMILES string of the molecule is COC(=O)Nc1ccc(Nc2cc(-c3ccc(-c4cn[nH]c4C(F)(F)F)cc3)[nH]n2)c(C)c1. The van der Waals surface area contributed by atoms with Crippen LogP contribution < -0.4 is 10.6 Å². The van der Waals surface area contributed by atoms with Gasteiger partial charge in [-0.15, -0.1) is 0 Å². The van der Waals surface area contributed by atoms with Crippen molar-refractivity contribution < 1.29 is 22.7 Å². The van der Waals surface area contributed by atoms with Crippen molar-refractivity contribution in [2.45, 2.75) is 13.1 Å². The molecule has 1 amide bonds. The van der Waals surface area contributed by atoms with E-state index in [1.807, 2.05) is 12.0 Å². The number of H-pyrrole nitrogens is 2. The molecule has 4 aromatic rings. The molecule has 2 heterocycles. The zero-order valence-electron chi connectivity index (χ0n) is 17.5. The minimum atomic E-state index is -4.51. The highest BCUT2D eigenvalue weighted by atomic mass is 19.4. The van der Waals surface area contributed by atoms with Gasteiger partial charge in [-0.1, -0.05) is 24.3 Å². The van der Waals surface area contributed by atoms with Gasteiger partial charge in [0.05, 0.1) is 19.0 Å². The number of ether oxygens (including phenoxy) is 1. The third-order valence-corrected chi connectivity index (χ3v) is 4.93. The number of aromatic nitrogens is 4. The van der Waals surface area contributed by atoms with Gasteiger partial charge in [0, 0.05) is 23.0 Å². The summed E-state index contributed by atoms with van der Waals surface area (Å²) in [5.41, 5.74) is 3.21. The Kier molecular flexibility index (Phi) is 5.78. The largest absolute Gasteiger partial charge is 0.453 e. The molecule has 33 heavy (non-hydrogen) atoms. The maximum absolute atomic E-state index is 13.1. The molecule has 4 N–H and O–H groups in total. The van der Waals surface area contributed by atoms with Gasteiger partial charge in [0.25, 0.3) is 0 Å². The third-order valence-electron chi connectivity index (χ3n) is 4.93. The van der Waals surface area contributed by atoms with E-state index < -0.39 is 18.0 Å². The van der Waals surface area contributed by atoms with E-state index in [2.05, 4.69) is 30.7 Å². The van der Waals surface area contributed by atoms with Crippen molar-refractivity contribution >= 4 is 23.3 Å². The number of nitrogens with zero attached hydrogens (tertiary/aromatic N) is 2. The molecular weight excluding hydrogens is 437 g/mol. The lowest BCUT2D eigenvalue weighted by Crippen LogP contribution is -2.11. The third kappa shape index (κ3) is 4.81. The standard InChI is InChI=1S/C22H19F3N6O2/c1-12-9-15(27-21(32)33-2)7-8-17(12)28-19-10-18(29-30-19)14-5-3-13(4-6-14)16-11-26-31-20(16)22(23,24)25/h3-11H,1-2H3,(H,26,31)(H,27,32)(H2,28,29,30). The molecule has 0 radical (unpaired) electrons. The van der Waals surface area contributed by atoms with Crippen LogP contribution in [0.5, 0.6) is 0 Å². The number of anilines is 3. The molecule has 0 aliphatic carbocycles. The van der Waals surface area contributed by atoms with Gasteiger partial charge in [0.2, 0.25) is 0 Å². The second kappa shape index (κ2) is 8.69. The van der Waals surface area contributed by atoms with Gasteiger partial charge in [-0.2, -0.15) is 23.4 Å². The predicted molar refractivity (Wildman–Crippen MR) is 117 cm³/mol. The minimum Gasteiger partial charge on any atom is -0.453 e. The monoisotopic (exact) mass is 456 g/mol. The van der Waals surface area contributed by atoms with Crippen molar-refractivity contribution in [2.24, 2.45) is 0 Å². The lowest BCUT2D eigenvalue weighted by Gasteiger charge is -2.10. The van der Waals surface area contributed by atoms with E-state index in [0.29, 0.717) is 22.8 Å². The molecule has 170 valence electrons. The number of benzene rings is 2. The number of carbonyl (C=O) groups excluding carboxylic acids is 1. The van der Waals surface area contributed by atoms with Crippen LogP contribution in [-0.2, 0) is 10.9 Å². The number of halogens is 3. The van der Waals surface area contributed by atoms with Crippen LogP contribution in [0, 0.1) is 6.92 Å². The minimum absolute atomic E-state index is 0.0124. The van der Waals surface area contributed by atoms with Crippen LogP contribution in [-0.4, -0.2) is 33.6 Å². The lowest BCUT2D eigenvalue weighted by molar-refractivity contribution is -0.140. The Hall–Kier alpha value is -4.28. The van der Waals surface area contributed by atoms with Gasteiger partial charge >= 0.3 is 12.3 Å². The molecule has 0 bridgehead atoms. The Balaban J connectivity index is 1.49. The first-order chi connectivity index (χ1) is 15.7. The average Bonchev–Trinajstić information content (AvgIpc) is 3.45. The number of aryl methyl sites for hydroxylation is 1. The van der Waals surface area contributed by atoms with E-state index in [9.17, 15) is 18.0 Å². The van der Waals surface area contributed by atoms with E-state index in [4.69, 9.17) is 0 Å². The average molecular weight is 456 g/mol. The first-order valence-corrected chi connectivity index (χ1v) is 9.74. The zero-order chi connectivity index (χ0) is 23.6. The number of aromatic amines is 2. The van der Waals surface area contributed by atoms with Gasteiger partial charge < -0.3 is 10.1 Å². The summed E-state index contributed by atoms with van der Waals surface area (Å²) >= 11 is 0. The molecule has 0 atom stereocenters. The highest BCUT2D eigenvalue weighted by Crippen LogP contribution is 2.36. The van der Waals surface area contributed by atoms with Crippen LogP contribution in [0.25, 0.3) is 22.4 Å². The molecule has 2 aromatic carbocycles. The Morgan fingerprint density at radius 2 is 1.76 bits per heavy atom. The summed E-state index contributed by atoms with van der Waals surface area (Å²) in [6.45, 7) is 1.88. The lowest BCUT2D eigenvalue weighted by atomic mass is 10.0. The van der Waals surface area contributed by atoms with E-state index in [1.54, 1.807) is 48.5 Å². The number of alkyl halides is 3. The second-order valence-corrected chi connectivity index (χ2v) is 7.17. The van der Waals surface area contributed by atoms with Crippen molar-refractivity contribution in [3.05, 3.63) is 66.0 Å². The number of methoxy groups -OCH3 is 1. The summed E-state index contributed by atoms with van der Waals surface area (Å²) in [5, 5.41) is 18.5. The maximum atomic E-state index is 13.1. The molecule has 0 spiro atoms. The molecule has 8 nitrogen and oxygen atoms in total. The topological polar surface area (TPSA) is 108 Å². The van der Waals surface area contributed by atoms with Gasteiger partial charge in [-0.05, 0) is 41.8 Å². The van der Waals surface area contributed by atoms with Crippen molar-refractivity contribution in [3.63, 3.8) is 0 Å². The summed E-state index contributed by atoms with van der Waals surface area (Å²) < 4.78 is 43.9. The smallest absolute Gasteiger partial charge is 0.433 e. The summed E-state index contributed by atoms with van der Waals surface area (Å²) in [7, 11) is 1.29. The first kappa shape index (κ1) is 21.9. The van der Waals surface area contributed by atoms with E-state index in [-0.39, 0.29) is 5.56 Å². The Morgan fingerprint density at radius 1 is 1.03 bits per heavy atom. The number of hydrogen-bond acceptors (Lipinski definition) is 5. The molecule has 11 heteroatoms. The zero-order valence-corrected chi connectivity index (χ0v) is 17.5. The van der Waals surface area contributed by atoms with Crippen LogP contribution in [0.3, 0.4) is 0 Å². The molecule has 0 saturated carbocycles. The van der Waals surface area contributed by atoms with E-state index in [1.165, 1.54) is 7.11 Å². The fourth-order valence-electron chi connectivity index (χ4n) is 3.27. The summed E-state index contributed by atoms with van der Waals surface area (Å²) in [5.74, 6) is 0.556. The van der Waals surface area contributed by atoms with E-state index in [0.717, 1.165) is 23.0 Å². The van der Waals surface area contributed by atoms with Crippen molar-refractivity contribution in [1.82, 2.24) is 20.4 Å². The molecule has 4 rings (SSSR count). The summed E-state index contributed by atoms with van der Waals surface area (Å²) in [6, 6.07) is 13.7. The van der Waals surface area contributed by atoms with Gasteiger partial charge in [-0.25, -0.2) is 4.79 Å². The quantitative estimate of drug-likeness (QED) is 0.307. The second-order valence-electron chi connectivity index (χ2n) is 7.17. The molecular formula is C22H19F3N6O2. The summed E-state index contributed by atoms with van der Waals surface area (Å²) in [4.78, 5) is 11.3. The molecule has 0 unspecified atom stereocenters. The van der Waals surface area contributed by atoms with Gasteiger partial charge in [0.15, 0.2) is 5.82 Å². The Morgan fingerprint density at radius 3 is 2.42 bits per heavy atom. The highest BCUT2D eigenvalue weighted by molar-refractivity contribution is 5.85. The van der Waals surface area contributed by atoms with Gasteiger partial charge in [0.1, 0.15) is 5.69 Å². The van der Waals surface area contributed by atoms with Crippen LogP contribution in [0.1, 0.15) is 11.3 Å². The number of carbonyl (C=O) groups is 1. The summed E-state index contributed by atoms with van der Waals surface area (Å²) in [6.07, 6.45) is -3.91. The van der Waals surface area contributed by atoms with Crippen molar-refractivity contribution in [1.29, 1.82) is 0 Å². The number of hydrogen-bond donors (Lipinski definition) is 4. The molecule has 0 aliphatic rings. The first-order valence-electron chi connectivity index (χ1n) is 9.74. The Labute approximate surface area is 186 Å². The molecule has 0 saturated heterocycles. The van der Waals surface area contributed by atoms with Crippen molar-refractivity contribution in [2.75, 3.05) is 17.7 Å². The normalized spacial score (nSPS) is 11.3. The van der Waals surface area contributed by atoms with Crippen molar-refractivity contribution in [3.8, 4) is 22.4 Å².